The van der Waals surface area contributed by atoms with Gasteiger partial charge in [-0.15, -0.1) is 0 Å². The van der Waals surface area contributed by atoms with Crippen LogP contribution in [0.5, 0.6) is 0 Å². The van der Waals surface area contributed by atoms with E-state index < -0.39 is 7.51 Å². The van der Waals surface area contributed by atoms with Crippen LogP contribution in [0.25, 0.3) is 53.9 Å². The van der Waals surface area contributed by atoms with E-state index in [4.69, 9.17) is 4.15 Å². The molecule has 6 aromatic rings. The standard InChI is InChI=1S/C32H33N4PS/c1-34(2)37(35(3)4,36(5)6)33-38-32-13-9-12-24-18-25-14-15-26-19-27-16-22-10-7-8-11-23(22)17-28(27)20-29(26)30(25)21-31(24)32/h7-21H,1-6H3. The Bertz CT molecular complexity index is 1880. The van der Waals surface area contributed by atoms with Crippen LogP contribution in [0.2, 0.25) is 0 Å². The second-order valence-electron chi connectivity index (χ2n) is 10.5. The van der Waals surface area contributed by atoms with Crippen molar-refractivity contribution in [3.8, 4) is 0 Å². The van der Waals surface area contributed by atoms with Crippen molar-refractivity contribution < 1.29 is 0 Å². The number of fused-ring (bicyclic) bond motifs is 6. The molecule has 0 bridgehead atoms. The molecule has 0 amide bonds. The molecule has 0 spiro atoms. The van der Waals surface area contributed by atoms with E-state index >= 15 is 0 Å². The number of hydrogen-bond donors (Lipinski definition) is 0. The number of rotatable bonds is 5. The smallest absolute Gasteiger partial charge is 0.178 e. The Morgan fingerprint density at radius 2 is 0.947 bits per heavy atom. The van der Waals surface area contributed by atoms with E-state index in [9.17, 15) is 0 Å². The van der Waals surface area contributed by atoms with E-state index in [2.05, 4.69) is 147 Å². The highest BCUT2D eigenvalue weighted by Gasteiger charge is 2.28. The van der Waals surface area contributed by atoms with Crippen molar-refractivity contribution in [3.63, 3.8) is 0 Å². The van der Waals surface area contributed by atoms with Gasteiger partial charge in [-0.1, -0.05) is 48.5 Å². The van der Waals surface area contributed by atoms with Crippen molar-refractivity contribution in [2.24, 2.45) is 4.15 Å². The first-order valence-corrected chi connectivity index (χ1v) is 15.2. The molecule has 6 aromatic carbocycles. The Morgan fingerprint density at radius 3 is 1.55 bits per heavy atom. The quantitative estimate of drug-likeness (QED) is 0.0948. The molecule has 38 heavy (non-hydrogen) atoms. The summed E-state index contributed by atoms with van der Waals surface area (Å²) in [5.74, 6) is 0. The SMILES string of the molecule is CN(C)P(=NSc1cccc2cc3ccc4cc5cc6ccccc6cc5cc4c3cc12)(N(C)C)N(C)C. The van der Waals surface area contributed by atoms with Crippen LogP contribution in [0.1, 0.15) is 0 Å². The zero-order valence-corrected chi connectivity index (χ0v) is 24.5. The molecule has 0 aliphatic heterocycles. The highest BCUT2D eigenvalue weighted by molar-refractivity contribution is 8.01. The van der Waals surface area contributed by atoms with Crippen molar-refractivity contribution in [2.45, 2.75) is 4.90 Å². The van der Waals surface area contributed by atoms with Crippen LogP contribution in [0.4, 0.5) is 0 Å². The summed E-state index contributed by atoms with van der Waals surface area (Å²) >= 11 is 1.61. The van der Waals surface area contributed by atoms with Crippen molar-refractivity contribution in [1.82, 2.24) is 14.0 Å². The summed E-state index contributed by atoms with van der Waals surface area (Å²) in [6.07, 6.45) is 0. The Kier molecular flexibility index (Phi) is 6.46. The zero-order valence-electron chi connectivity index (χ0n) is 22.8. The monoisotopic (exact) mass is 536 g/mol. The van der Waals surface area contributed by atoms with Crippen molar-refractivity contribution in [2.75, 3.05) is 42.3 Å². The first-order chi connectivity index (χ1) is 18.3. The summed E-state index contributed by atoms with van der Waals surface area (Å²) in [6, 6.07) is 33.7. The molecule has 6 heteroatoms. The largest absolute Gasteiger partial charge is 0.251 e. The van der Waals surface area contributed by atoms with E-state index in [1.165, 1.54) is 58.8 Å². The van der Waals surface area contributed by atoms with Crippen LogP contribution in [0.3, 0.4) is 0 Å². The minimum atomic E-state index is -2.00. The maximum atomic E-state index is 5.29. The van der Waals surface area contributed by atoms with Gasteiger partial charge in [-0.05, 0) is 139 Å². The second-order valence-corrected chi connectivity index (χ2v) is 15.2. The van der Waals surface area contributed by atoms with Crippen LogP contribution in [0, 0.1) is 0 Å². The van der Waals surface area contributed by atoms with Crippen LogP contribution in [0.15, 0.2) is 100 Å². The van der Waals surface area contributed by atoms with Crippen LogP contribution in [-0.4, -0.2) is 56.3 Å². The van der Waals surface area contributed by atoms with Gasteiger partial charge >= 0.3 is 0 Å². The van der Waals surface area contributed by atoms with E-state index in [-0.39, 0.29) is 0 Å². The average molecular weight is 537 g/mol. The molecule has 0 N–H and O–H groups in total. The Balaban J connectivity index is 1.57. The molecular formula is C32H33N4PS. The van der Waals surface area contributed by atoms with Crippen molar-refractivity contribution in [3.05, 3.63) is 91.0 Å². The van der Waals surface area contributed by atoms with Gasteiger partial charge in [0.15, 0.2) is 7.51 Å². The highest BCUT2D eigenvalue weighted by Crippen LogP contribution is 2.57. The van der Waals surface area contributed by atoms with Gasteiger partial charge in [0.1, 0.15) is 0 Å². The number of benzene rings is 6. The minimum Gasteiger partial charge on any atom is -0.251 e. The molecular weight excluding hydrogens is 503 g/mol. The molecule has 4 nitrogen and oxygen atoms in total. The third-order valence-electron chi connectivity index (χ3n) is 7.48. The third-order valence-corrected chi connectivity index (χ3v) is 12.5. The lowest BCUT2D eigenvalue weighted by Crippen LogP contribution is -2.30. The lowest BCUT2D eigenvalue weighted by Gasteiger charge is -2.40. The molecule has 0 unspecified atom stereocenters. The van der Waals surface area contributed by atoms with E-state index in [0.717, 1.165) is 0 Å². The highest BCUT2D eigenvalue weighted by atomic mass is 32.2. The topological polar surface area (TPSA) is 22.1 Å². The molecule has 0 aliphatic rings. The number of hydrogen-bond acceptors (Lipinski definition) is 2. The second kappa shape index (κ2) is 9.68. The molecule has 0 aromatic heterocycles. The zero-order chi connectivity index (χ0) is 26.6. The van der Waals surface area contributed by atoms with Crippen molar-refractivity contribution in [1.29, 1.82) is 0 Å². The molecule has 0 atom stereocenters. The van der Waals surface area contributed by atoms with Gasteiger partial charge in [-0.3, -0.25) is 14.0 Å². The summed E-state index contributed by atoms with van der Waals surface area (Å²) in [5.41, 5.74) is 0. The normalized spacial score (nSPS) is 12.8. The first kappa shape index (κ1) is 25.4. The van der Waals surface area contributed by atoms with Gasteiger partial charge in [-0.25, -0.2) is 0 Å². The summed E-state index contributed by atoms with van der Waals surface area (Å²) in [7, 11) is 10.7. The Hall–Kier alpha value is -2.92. The molecule has 0 radical (unpaired) electrons. The van der Waals surface area contributed by atoms with Gasteiger partial charge in [-0.2, -0.15) is 4.15 Å². The van der Waals surface area contributed by atoms with Crippen molar-refractivity contribution >= 4 is 73.3 Å². The van der Waals surface area contributed by atoms with Gasteiger partial charge in [0, 0.05) is 16.8 Å². The van der Waals surface area contributed by atoms with Crippen LogP contribution >= 0.6 is 19.5 Å². The summed E-state index contributed by atoms with van der Waals surface area (Å²) in [5, 5.41) is 12.7. The minimum absolute atomic E-state index is 1.18. The van der Waals surface area contributed by atoms with Crippen LogP contribution in [-0.2, 0) is 0 Å². The summed E-state index contributed by atoms with van der Waals surface area (Å²) in [4.78, 5) is 1.18. The molecule has 0 aliphatic carbocycles. The molecule has 0 heterocycles. The summed E-state index contributed by atoms with van der Waals surface area (Å²) < 4.78 is 12.1. The number of nitrogens with zero attached hydrogens (tertiary/aromatic N) is 4. The van der Waals surface area contributed by atoms with Gasteiger partial charge in [0.2, 0.25) is 0 Å². The van der Waals surface area contributed by atoms with E-state index in [1.807, 2.05) is 0 Å². The van der Waals surface area contributed by atoms with Crippen LogP contribution < -0.4 is 0 Å². The third kappa shape index (κ3) is 4.10. The van der Waals surface area contributed by atoms with E-state index in [0.29, 0.717) is 0 Å². The molecule has 0 saturated carbocycles. The Labute approximate surface area is 229 Å². The fourth-order valence-electron chi connectivity index (χ4n) is 5.72. The van der Waals surface area contributed by atoms with Gasteiger partial charge < -0.3 is 0 Å². The maximum Gasteiger partial charge on any atom is 0.178 e. The predicted octanol–water partition coefficient (Wildman–Crippen LogP) is 9.09. The molecule has 0 fully saturated rings. The fraction of sp³-hybridized carbons (Fsp3) is 0.188. The average Bonchev–Trinajstić information content (AvgIpc) is 2.89. The van der Waals surface area contributed by atoms with Gasteiger partial charge in [0.05, 0.1) is 0 Å². The van der Waals surface area contributed by atoms with Gasteiger partial charge in [0.25, 0.3) is 0 Å². The Morgan fingerprint density at radius 1 is 0.474 bits per heavy atom. The summed E-state index contributed by atoms with van der Waals surface area (Å²) in [6.45, 7) is 0. The maximum absolute atomic E-state index is 5.29. The first-order valence-electron chi connectivity index (χ1n) is 12.8. The molecule has 192 valence electrons. The molecule has 6 rings (SSSR count). The lowest BCUT2D eigenvalue weighted by molar-refractivity contribution is 0.476. The lowest BCUT2D eigenvalue weighted by atomic mass is 9.95. The van der Waals surface area contributed by atoms with E-state index in [1.54, 1.807) is 11.9 Å². The molecule has 0 saturated heterocycles. The fourth-order valence-corrected chi connectivity index (χ4v) is 10.8. The predicted molar refractivity (Wildman–Crippen MR) is 170 cm³/mol.